The molecule has 5 nitrogen and oxygen atoms in total. The van der Waals surface area contributed by atoms with Crippen LogP contribution in [-0.4, -0.2) is 45.1 Å². The number of hydrogen-bond acceptors (Lipinski definition) is 5. The van der Waals surface area contributed by atoms with E-state index in [0.717, 1.165) is 25.8 Å². The smallest absolute Gasteiger partial charge is 0.266 e. The minimum Gasteiger partial charge on any atom is -0.465 e. The number of thioether (sulfide) groups is 1. The molecule has 1 aromatic heterocycles. The molecular formula is C18H22N2O3S2. The zero-order chi connectivity index (χ0) is 17.8. The van der Waals surface area contributed by atoms with Gasteiger partial charge in [0.2, 0.25) is 5.91 Å². The van der Waals surface area contributed by atoms with Gasteiger partial charge in [0.1, 0.15) is 10.1 Å². The normalized spacial score (nSPS) is 22.9. The summed E-state index contributed by atoms with van der Waals surface area (Å²) in [6, 6.07) is 3.90. The maximum Gasteiger partial charge on any atom is 0.266 e. The van der Waals surface area contributed by atoms with Crippen LogP contribution in [-0.2, 0) is 9.59 Å². The second-order valence-electron chi connectivity index (χ2n) is 6.24. The molecule has 0 N–H and O–H groups in total. The second kappa shape index (κ2) is 8.19. The number of piperidine rings is 1. The van der Waals surface area contributed by atoms with Crippen molar-refractivity contribution >= 4 is 46.2 Å². The summed E-state index contributed by atoms with van der Waals surface area (Å²) in [5.41, 5.74) is 0. The summed E-state index contributed by atoms with van der Waals surface area (Å²) < 4.78 is 5.75. The molecular weight excluding hydrogens is 356 g/mol. The predicted octanol–water partition coefficient (Wildman–Crippen LogP) is 3.66. The van der Waals surface area contributed by atoms with Gasteiger partial charge in [-0.1, -0.05) is 30.9 Å². The van der Waals surface area contributed by atoms with E-state index in [4.69, 9.17) is 16.6 Å². The Morgan fingerprint density at radius 3 is 3.04 bits per heavy atom. The van der Waals surface area contributed by atoms with Crippen LogP contribution in [0, 0.1) is 0 Å². The summed E-state index contributed by atoms with van der Waals surface area (Å²) in [5.74, 6) is 0.594. The molecule has 3 heterocycles. The number of hydrogen-bond donors (Lipinski definition) is 0. The molecule has 2 fully saturated rings. The van der Waals surface area contributed by atoms with Crippen LogP contribution in [0.2, 0.25) is 0 Å². The molecule has 0 spiro atoms. The van der Waals surface area contributed by atoms with E-state index in [2.05, 4.69) is 6.92 Å². The number of carbonyl (C=O) groups excluding carboxylic acids is 2. The predicted molar refractivity (Wildman–Crippen MR) is 103 cm³/mol. The van der Waals surface area contributed by atoms with Gasteiger partial charge in [0.05, 0.1) is 11.2 Å². The summed E-state index contributed by atoms with van der Waals surface area (Å²) >= 11 is 6.57. The first kappa shape index (κ1) is 18.2. The highest BCUT2D eigenvalue weighted by molar-refractivity contribution is 8.26. The Morgan fingerprint density at radius 2 is 2.32 bits per heavy atom. The van der Waals surface area contributed by atoms with Crippen molar-refractivity contribution in [1.29, 1.82) is 0 Å². The van der Waals surface area contributed by atoms with E-state index in [9.17, 15) is 9.59 Å². The minimum absolute atomic E-state index is 0.121. The van der Waals surface area contributed by atoms with Crippen molar-refractivity contribution in [3.8, 4) is 0 Å². The monoisotopic (exact) mass is 378 g/mol. The third kappa shape index (κ3) is 4.15. The Hall–Kier alpha value is -1.60. The number of furan rings is 1. The molecule has 0 aliphatic carbocycles. The highest BCUT2D eigenvalue weighted by atomic mass is 32.2. The van der Waals surface area contributed by atoms with Crippen molar-refractivity contribution in [3.05, 3.63) is 29.1 Å². The molecule has 25 heavy (non-hydrogen) atoms. The molecule has 0 unspecified atom stereocenters. The van der Waals surface area contributed by atoms with Crippen LogP contribution in [0.5, 0.6) is 0 Å². The van der Waals surface area contributed by atoms with Gasteiger partial charge in [-0.15, -0.1) is 0 Å². The molecule has 2 amide bonds. The van der Waals surface area contributed by atoms with Crippen molar-refractivity contribution in [2.75, 3.05) is 13.1 Å². The van der Waals surface area contributed by atoms with Gasteiger partial charge in [-0.25, -0.2) is 0 Å². The third-order valence-corrected chi connectivity index (χ3v) is 6.04. The Balaban J connectivity index is 1.60. The first-order chi connectivity index (χ1) is 12.1. The number of carbonyl (C=O) groups is 2. The van der Waals surface area contributed by atoms with Crippen LogP contribution in [0.1, 0.15) is 44.8 Å². The lowest BCUT2D eigenvalue weighted by molar-refractivity contribution is -0.135. The number of thiocarbonyl (C=S) groups is 1. The molecule has 1 aromatic rings. The van der Waals surface area contributed by atoms with E-state index in [1.807, 2.05) is 4.90 Å². The largest absolute Gasteiger partial charge is 0.465 e. The molecule has 0 radical (unpaired) electrons. The van der Waals surface area contributed by atoms with Gasteiger partial charge in [0.15, 0.2) is 0 Å². The average Bonchev–Trinajstić information content (AvgIpc) is 3.22. The molecule has 7 heteroatoms. The highest BCUT2D eigenvalue weighted by Gasteiger charge is 2.33. The van der Waals surface area contributed by atoms with Crippen LogP contribution < -0.4 is 0 Å². The van der Waals surface area contributed by atoms with E-state index in [1.54, 1.807) is 24.5 Å². The molecule has 0 aromatic carbocycles. The van der Waals surface area contributed by atoms with Crippen molar-refractivity contribution < 1.29 is 14.0 Å². The molecule has 3 rings (SSSR count). The van der Waals surface area contributed by atoms with Crippen LogP contribution in [0.4, 0.5) is 0 Å². The van der Waals surface area contributed by atoms with Crippen molar-refractivity contribution in [1.82, 2.24) is 9.80 Å². The van der Waals surface area contributed by atoms with Gasteiger partial charge in [-0.05, 0) is 37.8 Å². The number of amides is 2. The van der Waals surface area contributed by atoms with Crippen molar-refractivity contribution in [2.45, 2.75) is 45.1 Å². The molecule has 2 aliphatic rings. The lowest BCUT2D eigenvalue weighted by Crippen LogP contribution is -2.44. The van der Waals surface area contributed by atoms with Gasteiger partial charge >= 0.3 is 0 Å². The summed E-state index contributed by atoms with van der Waals surface area (Å²) in [5, 5.41) is 0. The van der Waals surface area contributed by atoms with E-state index >= 15 is 0 Å². The quantitative estimate of drug-likeness (QED) is 0.578. The van der Waals surface area contributed by atoms with E-state index in [-0.39, 0.29) is 11.8 Å². The Morgan fingerprint density at radius 1 is 1.48 bits per heavy atom. The fourth-order valence-electron chi connectivity index (χ4n) is 3.30. The zero-order valence-electron chi connectivity index (χ0n) is 14.3. The molecule has 1 atom stereocenters. The average molecular weight is 379 g/mol. The van der Waals surface area contributed by atoms with E-state index < -0.39 is 0 Å². The first-order valence-electron chi connectivity index (χ1n) is 8.68. The van der Waals surface area contributed by atoms with Gasteiger partial charge in [-0.2, -0.15) is 0 Å². The molecule has 0 saturated carbocycles. The standard InChI is InChI=1S/C18H22N2O3S2/c1-2-13-6-3-4-9-19(13)16(21)8-10-20-17(22)15(25-18(20)24)12-14-7-5-11-23-14/h5,7,11-13H,2-4,6,8-10H2,1H3/b15-12+/t13-/m0/s1. The summed E-state index contributed by atoms with van der Waals surface area (Å²) in [7, 11) is 0. The van der Waals surface area contributed by atoms with Crippen LogP contribution in [0.25, 0.3) is 6.08 Å². The van der Waals surface area contributed by atoms with Crippen LogP contribution in [0.3, 0.4) is 0 Å². The van der Waals surface area contributed by atoms with E-state index in [0.29, 0.717) is 34.0 Å². The van der Waals surface area contributed by atoms with Crippen LogP contribution in [0.15, 0.2) is 27.7 Å². The van der Waals surface area contributed by atoms with Gasteiger partial charge in [-0.3, -0.25) is 14.5 Å². The topological polar surface area (TPSA) is 53.8 Å². The second-order valence-corrected chi connectivity index (χ2v) is 7.92. The Labute approximate surface area is 157 Å². The summed E-state index contributed by atoms with van der Waals surface area (Å²) in [4.78, 5) is 29.2. The first-order valence-corrected chi connectivity index (χ1v) is 9.91. The van der Waals surface area contributed by atoms with Gasteiger partial charge in [0, 0.05) is 31.6 Å². The number of rotatable bonds is 5. The lowest BCUT2D eigenvalue weighted by atomic mass is 9.99. The van der Waals surface area contributed by atoms with E-state index in [1.165, 1.54) is 23.1 Å². The third-order valence-electron chi connectivity index (χ3n) is 4.66. The maximum absolute atomic E-state index is 12.6. The summed E-state index contributed by atoms with van der Waals surface area (Å²) in [6.07, 6.45) is 7.89. The van der Waals surface area contributed by atoms with Crippen LogP contribution >= 0.6 is 24.0 Å². The van der Waals surface area contributed by atoms with Crippen molar-refractivity contribution in [3.63, 3.8) is 0 Å². The SMILES string of the molecule is CC[C@H]1CCCCN1C(=O)CCN1C(=O)/C(=C\c2ccco2)SC1=S. The molecule has 0 bridgehead atoms. The minimum atomic E-state index is -0.148. The van der Waals surface area contributed by atoms with Crippen molar-refractivity contribution in [2.24, 2.45) is 0 Å². The molecule has 134 valence electrons. The maximum atomic E-state index is 12.6. The number of likely N-dealkylation sites (tertiary alicyclic amines) is 1. The number of nitrogens with zero attached hydrogens (tertiary/aromatic N) is 2. The van der Waals surface area contributed by atoms with Gasteiger partial charge in [0.25, 0.3) is 5.91 Å². The Kier molecular flexibility index (Phi) is 5.96. The molecule has 2 aliphatic heterocycles. The molecule has 2 saturated heterocycles. The Bertz CT molecular complexity index is 685. The summed E-state index contributed by atoms with van der Waals surface area (Å²) in [6.45, 7) is 3.29. The lowest BCUT2D eigenvalue weighted by Gasteiger charge is -2.35. The zero-order valence-corrected chi connectivity index (χ0v) is 15.9. The highest BCUT2D eigenvalue weighted by Crippen LogP contribution is 2.32. The van der Waals surface area contributed by atoms with Gasteiger partial charge < -0.3 is 9.32 Å². The fraction of sp³-hybridized carbons (Fsp3) is 0.500. The fourth-order valence-corrected chi connectivity index (χ4v) is 4.59.